The summed E-state index contributed by atoms with van der Waals surface area (Å²) in [5, 5.41) is -0.334. The van der Waals surface area contributed by atoms with Gasteiger partial charge in [0.05, 0.1) is 24.2 Å². The van der Waals surface area contributed by atoms with E-state index >= 15 is 0 Å². The van der Waals surface area contributed by atoms with E-state index in [0.29, 0.717) is 12.0 Å². The molecule has 0 N–H and O–H groups in total. The van der Waals surface area contributed by atoms with Crippen molar-refractivity contribution >= 4 is 14.3 Å². The second-order valence-electron chi connectivity index (χ2n) is 11.1. The lowest BCUT2D eigenvalue weighted by molar-refractivity contribution is -0.202. The Morgan fingerprint density at radius 1 is 1.12 bits per heavy atom. The SMILES string of the molecule is C=C1C(CCOC(=O)C(C)(C)C)OC(CCC(O[Si](C)(C)C(C)(C)C)C(F)(F)F)C1OC. The molecule has 188 valence electrons. The number of carbonyl (C=O) groups is 1. The molecule has 9 heteroatoms. The van der Waals surface area contributed by atoms with Gasteiger partial charge in [0.25, 0.3) is 0 Å². The molecule has 1 saturated heterocycles. The zero-order valence-corrected chi connectivity index (χ0v) is 22.0. The summed E-state index contributed by atoms with van der Waals surface area (Å²) in [5.74, 6) is -0.322. The van der Waals surface area contributed by atoms with Crippen molar-refractivity contribution in [3.8, 4) is 0 Å². The fourth-order valence-corrected chi connectivity index (χ4v) is 4.50. The van der Waals surface area contributed by atoms with Gasteiger partial charge in [0, 0.05) is 13.5 Å². The van der Waals surface area contributed by atoms with Crippen LogP contribution in [0, 0.1) is 5.41 Å². The van der Waals surface area contributed by atoms with Gasteiger partial charge in [-0.25, -0.2) is 0 Å². The number of halogens is 3. The van der Waals surface area contributed by atoms with E-state index in [0.717, 1.165) is 0 Å². The molecule has 5 nitrogen and oxygen atoms in total. The second kappa shape index (κ2) is 10.6. The highest BCUT2D eigenvalue weighted by Crippen LogP contribution is 2.41. The molecule has 1 fully saturated rings. The zero-order chi connectivity index (χ0) is 25.1. The molecule has 4 unspecified atom stereocenters. The molecular weight excluding hydrogens is 441 g/mol. The van der Waals surface area contributed by atoms with Crippen molar-refractivity contribution in [2.45, 2.75) is 110 Å². The molecule has 1 aliphatic rings. The van der Waals surface area contributed by atoms with Crippen LogP contribution in [0.3, 0.4) is 0 Å². The molecule has 0 aliphatic carbocycles. The van der Waals surface area contributed by atoms with E-state index in [1.165, 1.54) is 7.11 Å². The summed E-state index contributed by atoms with van der Waals surface area (Å²) in [5.41, 5.74) is 0.0419. The number of rotatable bonds is 9. The normalized spacial score (nSPS) is 24.0. The summed E-state index contributed by atoms with van der Waals surface area (Å²) in [4.78, 5) is 11.9. The zero-order valence-electron chi connectivity index (χ0n) is 21.0. The fraction of sp³-hybridized carbons (Fsp3) is 0.870. The lowest BCUT2D eigenvalue weighted by Crippen LogP contribution is -2.48. The number of hydrogen-bond donors (Lipinski definition) is 0. The van der Waals surface area contributed by atoms with Gasteiger partial charge < -0.3 is 18.6 Å². The van der Waals surface area contributed by atoms with Crippen molar-refractivity contribution < 1.29 is 36.6 Å². The number of hydrogen-bond acceptors (Lipinski definition) is 5. The molecule has 1 heterocycles. The Morgan fingerprint density at radius 3 is 2.12 bits per heavy atom. The number of methoxy groups -OCH3 is 1. The van der Waals surface area contributed by atoms with Gasteiger partial charge in [0.15, 0.2) is 8.32 Å². The Balaban J connectivity index is 2.78. The van der Waals surface area contributed by atoms with Crippen LogP contribution in [0.25, 0.3) is 0 Å². The topological polar surface area (TPSA) is 54.0 Å². The van der Waals surface area contributed by atoms with Crippen LogP contribution < -0.4 is 0 Å². The molecule has 0 bridgehead atoms. The molecular formula is C23H41F3O5Si. The van der Waals surface area contributed by atoms with E-state index in [1.807, 2.05) is 33.9 Å². The van der Waals surface area contributed by atoms with Crippen molar-refractivity contribution in [2.75, 3.05) is 13.7 Å². The third-order valence-corrected chi connectivity index (χ3v) is 10.7. The van der Waals surface area contributed by atoms with Gasteiger partial charge in [0.2, 0.25) is 0 Å². The molecule has 0 aromatic heterocycles. The van der Waals surface area contributed by atoms with Gasteiger partial charge in [-0.15, -0.1) is 0 Å². The van der Waals surface area contributed by atoms with Gasteiger partial charge in [-0.1, -0.05) is 27.4 Å². The standard InChI is InChI=1S/C23H41F3O5Si/c1-15-16(13-14-29-20(27)21(2,3)4)30-17(19(15)28-8)11-12-18(23(24,25)26)31-32(9,10)22(5,6)7/h16-19H,1,11-14H2,2-10H3. The van der Waals surface area contributed by atoms with Crippen LogP contribution in [-0.4, -0.2) is 58.6 Å². The third kappa shape index (κ3) is 7.85. The number of carbonyl (C=O) groups excluding carboxylic acids is 1. The highest BCUT2D eigenvalue weighted by molar-refractivity contribution is 6.74. The molecule has 1 rings (SSSR count). The van der Waals surface area contributed by atoms with Gasteiger partial charge in [-0.2, -0.15) is 13.2 Å². The Morgan fingerprint density at radius 2 is 1.69 bits per heavy atom. The van der Waals surface area contributed by atoms with Crippen LogP contribution in [-0.2, 0) is 23.4 Å². The van der Waals surface area contributed by atoms with Crippen LogP contribution in [0.5, 0.6) is 0 Å². The quantitative estimate of drug-likeness (QED) is 0.228. The smallest absolute Gasteiger partial charge is 0.413 e. The van der Waals surface area contributed by atoms with E-state index in [1.54, 1.807) is 20.8 Å². The van der Waals surface area contributed by atoms with E-state index in [2.05, 4.69) is 6.58 Å². The first kappa shape index (κ1) is 29.1. The van der Waals surface area contributed by atoms with Crippen molar-refractivity contribution in [1.29, 1.82) is 0 Å². The summed E-state index contributed by atoms with van der Waals surface area (Å²) in [6, 6.07) is 0. The second-order valence-corrected chi connectivity index (χ2v) is 15.8. The maximum Gasteiger partial charge on any atom is 0.413 e. The van der Waals surface area contributed by atoms with Gasteiger partial charge >= 0.3 is 12.1 Å². The number of ether oxygens (including phenoxy) is 3. The Labute approximate surface area is 192 Å². The molecule has 0 aromatic carbocycles. The minimum Gasteiger partial charge on any atom is -0.465 e. The monoisotopic (exact) mass is 482 g/mol. The van der Waals surface area contributed by atoms with E-state index < -0.39 is 44.3 Å². The Kier molecular flexibility index (Phi) is 9.62. The highest BCUT2D eigenvalue weighted by atomic mass is 28.4. The largest absolute Gasteiger partial charge is 0.465 e. The maximum absolute atomic E-state index is 13.7. The lowest BCUT2D eigenvalue weighted by Gasteiger charge is -2.40. The van der Waals surface area contributed by atoms with Crippen LogP contribution >= 0.6 is 0 Å². The third-order valence-electron chi connectivity index (χ3n) is 6.26. The molecule has 4 atom stereocenters. The minimum atomic E-state index is -4.46. The number of esters is 1. The van der Waals surface area contributed by atoms with Crippen LogP contribution in [0.2, 0.25) is 18.1 Å². The average molecular weight is 483 g/mol. The van der Waals surface area contributed by atoms with Crippen molar-refractivity contribution in [3.05, 3.63) is 12.2 Å². The predicted molar refractivity (Wildman–Crippen MR) is 121 cm³/mol. The van der Waals surface area contributed by atoms with Gasteiger partial charge in [-0.3, -0.25) is 4.79 Å². The first-order valence-electron chi connectivity index (χ1n) is 11.1. The predicted octanol–water partition coefficient (Wildman–Crippen LogP) is 6.04. The van der Waals surface area contributed by atoms with Crippen molar-refractivity contribution in [2.24, 2.45) is 5.41 Å². The number of alkyl halides is 3. The fourth-order valence-electron chi connectivity index (χ4n) is 3.18. The van der Waals surface area contributed by atoms with Crippen LogP contribution in [0.4, 0.5) is 13.2 Å². The first-order chi connectivity index (χ1) is 14.3. The summed E-state index contributed by atoms with van der Waals surface area (Å²) in [7, 11) is -1.12. The Bertz CT molecular complexity index is 649. The van der Waals surface area contributed by atoms with Gasteiger partial charge in [0.1, 0.15) is 12.2 Å². The molecule has 0 amide bonds. The average Bonchev–Trinajstić information content (AvgIpc) is 2.90. The molecule has 0 radical (unpaired) electrons. The summed E-state index contributed by atoms with van der Waals surface area (Å²) in [6.45, 7) is 18.8. The Hall–Kier alpha value is -0.903. The molecule has 32 heavy (non-hydrogen) atoms. The first-order valence-corrected chi connectivity index (χ1v) is 14.0. The lowest BCUT2D eigenvalue weighted by atomic mass is 9.97. The van der Waals surface area contributed by atoms with E-state index in [9.17, 15) is 18.0 Å². The van der Waals surface area contributed by atoms with Crippen LogP contribution in [0.15, 0.2) is 12.2 Å². The van der Waals surface area contributed by atoms with Gasteiger partial charge in [-0.05, 0) is 57.3 Å². The molecule has 0 aromatic rings. The van der Waals surface area contributed by atoms with E-state index in [-0.39, 0.29) is 30.5 Å². The molecule has 1 aliphatic heterocycles. The minimum absolute atomic E-state index is 0.120. The van der Waals surface area contributed by atoms with Crippen LogP contribution in [0.1, 0.15) is 60.8 Å². The maximum atomic E-state index is 13.7. The highest BCUT2D eigenvalue weighted by Gasteiger charge is 2.48. The van der Waals surface area contributed by atoms with Crippen molar-refractivity contribution in [3.63, 3.8) is 0 Å². The summed E-state index contributed by atoms with van der Waals surface area (Å²) in [6.07, 6.45) is -7.57. The van der Waals surface area contributed by atoms with Crippen molar-refractivity contribution in [1.82, 2.24) is 0 Å². The summed E-state index contributed by atoms with van der Waals surface area (Å²) < 4.78 is 63.7. The molecule has 0 spiro atoms. The van der Waals surface area contributed by atoms with E-state index in [4.69, 9.17) is 18.6 Å². The summed E-state index contributed by atoms with van der Waals surface area (Å²) >= 11 is 0. The molecule has 0 saturated carbocycles.